The lowest BCUT2D eigenvalue weighted by molar-refractivity contribution is 0.296. The molecule has 0 saturated heterocycles. The molecule has 0 fully saturated rings. The van der Waals surface area contributed by atoms with E-state index in [1.165, 1.54) is 36.0 Å². The standard InChI is InChI=1S/C19H23NO2/c1-21-19-8-5-14(9-10-20)11-17(19)13-22-18-7-6-15-3-2-4-16(15)12-18/h5-8,11-12H,2-4,9-10,13,20H2,1H3. The van der Waals surface area contributed by atoms with Crippen LogP contribution in [-0.2, 0) is 25.9 Å². The summed E-state index contributed by atoms with van der Waals surface area (Å²) in [6.07, 6.45) is 4.50. The summed E-state index contributed by atoms with van der Waals surface area (Å²) in [5, 5.41) is 0. The summed E-state index contributed by atoms with van der Waals surface area (Å²) in [6, 6.07) is 12.6. The molecule has 3 heteroatoms. The summed E-state index contributed by atoms with van der Waals surface area (Å²) in [6.45, 7) is 1.16. The Bertz CT molecular complexity index is 652. The Morgan fingerprint density at radius 2 is 1.91 bits per heavy atom. The average Bonchev–Trinajstić information content (AvgIpc) is 3.01. The minimum atomic E-state index is 0.514. The first-order valence-corrected chi connectivity index (χ1v) is 7.90. The summed E-state index contributed by atoms with van der Waals surface area (Å²) in [4.78, 5) is 0. The van der Waals surface area contributed by atoms with E-state index in [-0.39, 0.29) is 0 Å². The van der Waals surface area contributed by atoms with E-state index in [0.29, 0.717) is 13.2 Å². The zero-order valence-electron chi connectivity index (χ0n) is 13.1. The molecule has 2 N–H and O–H groups in total. The van der Waals surface area contributed by atoms with Gasteiger partial charge in [-0.05, 0) is 73.2 Å². The van der Waals surface area contributed by atoms with Crippen molar-refractivity contribution in [1.29, 1.82) is 0 Å². The molecule has 0 saturated carbocycles. The molecule has 0 heterocycles. The monoisotopic (exact) mass is 297 g/mol. The minimum Gasteiger partial charge on any atom is -0.496 e. The number of aryl methyl sites for hydroxylation is 2. The summed E-state index contributed by atoms with van der Waals surface area (Å²) in [5.74, 6) is 1.80. The number of rotatable bonds is 6. The predicted molar refractivity (Wildman–Crippen MR) is 88.6 cm³/mol. The van der Waals surface area contributed by atoms with E-state index in [9.17, 15) is 0 Å². The Kier molecular flexibility index (Phi) is 4.64. The van der Waals surface area contributed by atoms with Crippen molar-refractivity contribution >= 4 is 0 Å². The molecule has 0 atom stereocenters. The molecule has 2 aromatic carbocycles. The van der Waals surface area contributed by atoms with Crippen LogP contribution in [0.1, 0.15) is 28.7 Å². The van der Waals surface area contributed by atoms with Crippen LogP contribution in [0, 0.1) is 0 Å². The first kappa shape index (κ1) is 14.9. The number of methoxy groups -OCH3 is 1. The Hall–Kier alpha value is -2.00. The molecule has 22 heavy (non-hydrogen) atoms. The van der Waals surface area contributed by atoms with Gasteiger partial charge in [-0.2, -0.15) is 0 Å². The van der Waals surface area contributed by atoms with Gasteiger partial charge in [-0.3, -0.25) is 0 Å². The van der Waals surface area contributed by atoms with Gasteiger partial charge < -0.3 is 15.2 Å². The second-order valence-electron chi connectivity index (χ2n) is 5.76. The molecule has 1 aliphatic rings. The van der Waals surface area contributed by atoms with Crippen LogP contribution in [0.25, 0.3) is 0 Å². The van der Waals surface area contributed by atoms with E-state index in [0.717, 1.165) is 23.5 Å². The van der Waals surface area contributed by atoms with Crippen molar-refractivity contribution < 1.29 is 9.47 Å². The maximum absolute atomic E-state index is 5.98. The summed E-state index contributed by atoms with van der Waals surface area (Å²) >= 11 is 0. The van der Waals surface area contributed by atoms with E-state index >= 15 is 0 Å². The van der Waals surface area contributed by atoms with Gasteiger partial charge in [-0.25, -0.2) is 0 Å². The summed E-state index contributed by atoms with van der Waals surface area (Å²) in [5.41, 5.74) is 10.8. The van der Waals surface area contributed by atoms with E-state index in [1.807, 2.05) is 6.07 Å². The smallest absolute Gasteiger partial charge is 0.125 e. The average molecular weight is 297 g/mol. The number of hydrogen-bond donors (Lipinski definition) is 1. The lowest BCUT2D eigenvalue weighted by Gasteiger charge is -2.13. The quantitative estimate of drug-likeness (QED) is 0.890. The maximum Gasteiger partial charge on any atom is 0.125 e. The topological polar surface area (TPSA) is 44.5 Å². The van der Waals surface area contributed by atoms with Gasteiger partial charge in [0.05, 0.1) is 7.11 Å². The van der Waals surface area contributed by atoms with Crippen LogP contribution in [0.4, 0.5) is 0 Å². The van der Waals surface area contributed by atoms with E-state index in [1.54, 1.807) is 7.11 Å². The van der Waals surface area contributed by atoms with Crippen molar-refractivity contribution in [2.24, 2.45) is 5.73 Å². The van der Waals surface area contributed by atoms with E-state index < -0.39 is 0 Å². The molecule has 3 nitrogen and oxygen atoms in total. The molecule has 3 rings (SSSR count). The van der Waals surface area contributed by atoms with Gasteiger partial charge in [-0.15, -0.1) is 0 Å². The number of hydrogen-bond acceptors (Lipinski definition) is 3. The third kappa shape index (κ3) is 3.25. The van der Waals surface area contributed by atoms with Gasteiger partial charge in [0.2, 0.25) is 0 Å². The van der Waals surface area contributed by atoms with E-state index in [2.05, 4.69) is 30.3 Å². The Balaban J connectivity index is 1.73. The van der Waals surface area contributed by atoms with Crippen LogP contribution < -0.4 is 15.2 Å². The number of ether oxygens (including phenoxy) is 2. The van der Waals surface area contributed by atoms with Gasteiger partial charge in [-0.1, -0.05) is 12.1 Å². The number of benzene rings is 2. The zero-order chi connectivity index (χ0) is 15.4. The van der Waals surface area contributed by atoms with Crippen molar-refractivity contribution in [2.75, 3.05) is 13.7 Å². The molecular formula is C19H23NO2. The molecule has 0 aliphatic heterocycles. The SMILES string of the molecule is COc1ccc(CCN)cc1COc1ccc2c(c1)CCC2. The van der Waals surface area contributed by atoms with E-state index in [4.69, 9.17) is 15.2 Å². The molecule has 1 aliphatic carbocycles. The lowest BCUT2D eigenvalue weighted by atomic mass is 10.1. The molecular weight excluding hydrogens is 274 g/mol. The second-order valence-corrected chi connectivity index (χ2v) is 5.76. The van der Waals surface area contributed by atoms with Crippen molar-refractivity contribution in [3.05, 3.63) is 58.7 Å². The molecule has 2 aromatic rings. The van der Waals surface area contributed by atoms with Gasteiger partial charge in [0.1, 0.15) is 18.1 Å². The largest absolute Gasteiger partial charge is 0.496 e. The molecule has 0 radical (unpaired) electrons. The molecule has 0 amide bonds. The van der Waals surface area contributed by atoms with Crippen LogP contribution in [0.3, 0.4) is 0 Å². The van der Waals surface area contributed by atoms with Gasteiger partial charge in [0.25, 0.3) is 0 Å². The normalized spacial score (nSPS) is 13.0. The third-order valence-electron chi connectivity index (χ3n) is 4.24. The highest BCUT2D eigenvalue weighted by molar-refractivity contribution is 5.40. The van der Waals surface area contributed by atoms with Crippen molar-refractivity contribution in [1.82, 2.24) is 0 Å². The Labute approximate surface area is 132 Å². The molecule has 0 unspecified atom stereocenters. The summed E-state index contributed by atoms with van der Waals surface area (Å²) in [7, 11) is 1.69. The first-order chi connectivity index (χ1) is 10.8. The third-order valence-corrected chi connectivity index (χ3v) is 4.24. The molecule has 0 spiro atoms. The fourth-order valence-electron chi connectivity index (χ4n) is 3.07. The van der Waals surface area contributed by atoms with Gasteiger partial charge >= 0.3 is 0 Å². The fourth-order valence-corrected chi connectivity index (χ4v) is 3.07. The maximum atomic E-state index is 5.98. The van der Waals surface area contributed by atoms with Gasteiger partial charge in [0, 0.05) is 5.56 Å². The predicted octanol–water partition coefficient (Wildman–Crippen LogP) is 3.26. The minimum absolute atomic E-state index is 0.514. The van der Waals surface area contributed by atoms with Crippen LogP contribution in [0.15, 0.2) is 36.4 Å². The van der Waals surface area contributed by atoms with Crippen molar-refractivity contribution in [3.63, 3.8) is 0 Å². The zero-order valence-corrected chi connectivity index (χ0v) is 13.1. The summed E-state index contributed by atoms with van der Waals surface area (Å²) < 4.78 is 11.4. The lowest BCUT2D eigenvalue weighted by Crippen LogP contribution is -2.05. The molecule has 116 valence electrons. The van der Waals surface area contributed by atoms with Crippen LogP contribution >= 0.6 is 0 Å². The van der Waals surface area contributed by atoms with Crippen LogP contribution in [0.2, 0.25) is 0 Å². The van der Waals surface area contributed by atoms with Gasteiger partial charge in [0.15, 0.2) is 0 Å². The number of nitrogens with two attached hydrogens (primary N) is 1. The van der Waals surface area contributed by atoms with Crippen LogP contribution in [-0.4, -0.2) is 13.7 Å². The van der Waals surface area contributed by atoms with Crippen molar-refractivity contribution in [3.8, 4) is 11.5 Å². The highest BCUT2D eigenvalue weighted by Crippen LogP contribution is 2.27. The second kappa shape index (κ2) is 6.84. The fraction of sp³-hybridized carbons (Fsp3) is 0.368. The highest BCUT2D eigenvalue weighted by atomic mass is 16.5. The van der Waals surface area contributed by atoms with Crippen molar-refractivity contribution in [2.45, 2.75) is 32.3 Å². The Morgan fingerprint density at radius 3 is 2.73 bits per heavy atom. The van der Waals surface area contributed by atoms with Crippen LogP contribution in [0.5, 0.6) is 11.5 Å². The Morgan fingerprint density at radius 1 is 1.05 bits per heavy atom. The highest BCUT2D eigenvalue weighted by Gasteiger charge is 2.12. The molecule has 0 aromatic heterocycles. The molecule has 0 bridgehead atoms. The number of fused-ring (bicyclic) bond motifs is 1. The first-order valence-electron chi connectivity index (χ1n) is 7.90.